The average Bonchev–Trinajstić information content (AvgIpc) is 2.97. The first-order valence-corrected chi connectivity index (χ1v) is 13.3. The number of anilines is 1. The monoisotopic (exact) mass is 515 g/mol. The number of hydrogen-bond donors (Lipinski definition) is 3. The number of nitrogen functional groups attached to an aromatic ring is 1. The van der Waals surface area contributed by atoms with Crippen molar-refractivity contribution in [2.24, 2.45) is 5.92 Å². The summed E-state index contributed by atoms with van der Waals surface area (Å²) in [6, 6.07) is 35.2. The highest BCUT2D eigenvalue weighted by atomic mass is 16.5. The van der Waals surface area contributed by atoms with Crippen molar-refractivity contribution in [3.63, 3.8) is 0 Å². The van der Waals surface area contributed by atoms with Gasteiger partial charge in [-0.25, -0.2) is 4.98 Å². The first-order chi connectivity index (χ1) is 19.0. The minimum absolute atomic E-state index is 0.0425. The maximum Gasteiger partial charge on any atom is 0.189 e. The topological polar surface area (TPSA) is 85.8 Å². The Morgan fingerprint density at radius 3 is 1.90 bits per heavy atom. The molecular weight excluding hydrogens is 480 g/mol. The second-order valence-electron chi connectivity index (χ2n) is 10.1. The van der Waals surface area contributed by atoms with E-state index >= 15 is 0 Å². The zero-order valence-electron chi connectivity index (χ0n) is 22.4. The van der Waals surface area contributed by atoms with Crippen molar-refractivity contribution in [2.75, 3.05) is 5.73 Å². The van der Waals surface area contributed by atoms with Gasteiger partial charge in [-0.15, -0.1) is 0 Å². The molecule has 1 aromatic heterocycles. The number of rotatable bonds is 9. The van der Waals surface area contributed by atoms with Gasteiger partial charge in [0, 0.05) is 17.8 Å². The van der Waals surface area contributed by atoms with Gasteiger partial charge in [-0.05, 0) is 54.8 Å². The van der Waals surface area contributed by atoms with E-state index in [0.717, 1.165) is 28.0 Å². The van der Waals surface area contributed by atoms with Crippen molar-refractivity contribution in [2.45, 2.75) is 31.5 Å². The SMILES string of the molecule is CC(C)OC1=CC(C(=[NH2+])c2ccnc(N)c2)C(NC(c2ccccc2)(c2ccccc2)c2ccccc2)C=C1. The zero-order chi connectivity index (χ0) is 27.2. The van der Waals surface area contributed by atoms with Crippen molar-refractivity contribution in [1.29, 1.82) is 0 Å². The van der Waals surface area contributed by atoms with Gasteiger partial charge in [0.25, 0.3) is 0 Å². The van der Waals surface area contributed by atoms with Crippen LogP contribution < -0.4 is 16.5 Å². The number of nitrogens with one attached hydrogen (secondary N) is 1. The van der Waals surface area contributed by atoms with Gasteiger partial charge < -0.3 is 10.5 Å². The van der Waals surface area contributed by atoms with Gasteiger partial charge in [-0.2, -0.15) is 0 Å². The average molecular weight is 516 g/mol. The first-order valence-electron chi connectivity index (χ1n) is 13.3. The highest BCUT2D eigenvalue weighted by Crippen LogP contribution is 2.39. The van der Waals surface area contributed by atoms with Crippen LogP contribution in [0.5, 0.6) is 0 Å². The van der Waals surface area contributed by atoms with Gasteiger partial charge in [-0.1, -0.05) is 97.1 Å². The summed E-state index contributed by atoms with van der Waals surface area (Å²) in [7, 11) is 0. The van der Waals surface area contributed by atoms with Crippen LogP contribution in [0.3, 0.4) is 0 Å². The van der Waals surface area contributed by atoms with Crippen LogP contribution in [0, 0.1) is 5.92 Å². The van der Waals surface area contributed by atoms with E-state index in [2.05, 4.69) is 95.2 Å². The number of aromatic nitrogens is 1. The van der Waals surface area contributed by atoms with Crippen molar-refractivity contribution in [1.82, 2.24) is 10.3 Å². The molecule has 2 atom stereocenters. The number of ether oxygens (including phenoxy) is 1. The van der Waals surface area contributed by atoms with Crippen LogP contribution in [0.1, 0.15) is 36.1 Å². The molecule has 196 valence electrons. The Morgan fingerprint density at radius 2 is 1.41 bits per heavy atom. The standard InChI is InChI=1S/C34H34N4O/c1-24(2)39-29-18-19-31(30(23-29)33(36)25-20-21-37-32(35)22-25)38-34(26-12-6-3-7-13-26,27-14-8-4-9-15-27)28-16-10-5-11-17-28/h3-24,30-31,36,38H,1-2H3,(H2,35,37)/p+1. The predicted molar refractivity (Wildman–Crippen MR) is 158 cm³/mol. The minimum Gasteiger partial charge on any atom is -0.491 e. The van der Waals surface area contributed by atoms with Crippen LogP contribution in [0.4, 0.5) is 5.82 Å². The van der Waals surface area contributed by atoms with E-state index in [1.165, 1.54) is 0 Å². The van der Waals surface area contributed by atoms with E-state index in [1.54, 1.807) is 6.20 Å². The van der Waals surface area contributed by atoms with E-state index in [0.29, 0.717) is 11.5 Å². The van der Waals surface area contributed by atoms with E-state index in [4.69, 9.17) is 15.9 Å². The lowest BCUT2D eigenvalue weighted by Crippen LogP contribution is -2.57. The summed E-state index contributed by atoms with van der Waals surface area (Å²) in [5.74, 6) is 1.02. The molecule has 0 spiro atoms. The van der Waals surface area contributed by atoms with Crippen LogP contribution in [0.15, 0.2) is 133 Å². The summed E-state index contributed by atoms with van der Waals surface area (Å²) in [5, 5.41) is 11.0. The van der Waals surface area contributed by atoms with Crippen molar-refractivity contribution in [3.05, 3.63) is 156 Å². The molecule has 2 unspecified atom stereocenters. The Kier molecular flexibility index (Phi) is 7.71. The number of hydrogen-bond acceptors (Lipinski definition) is 4. The Balaban J connectivity index is 1.67. The molecule has 5 nitrogen and oxygen atoms in total. The molecule has 0 saturated heterocycles. The Morgan fingerprint density at radius 1 is 0.872 bits per heavy atom. The molecule has 0 fully saturated rings. The number of nitrogens with zero attached hydrogens (tertiary/aromatic N) is 1. The van der Waals surface area contributed by atoms with Gasteiger partial charge >= 0.3 is 0 Å². The molecule has 0 aliphatic heterocycles. The summed E-state index contributed by atoms with van der Waals surface area (Å²) in [6.07, 6.45) is 8.03. The molecule has 3 aromatic carbocycles. The van der Waals surface area contributed by atoms with Crippen molar-refractivity contribution in [3.8, 4) is 0 Å². The third-order valence-corrected chi connectivity index (χ3v) is 7.05. The number of allylic oxidation sites excluding steroid dienone is 1. The molecule has 0 amide bonds. The Hall–Kier alpha value is -4.48. The summed E-state index contributed by atoms with van der Waals surface area (Å²) in [6.45, 7) is 4.05. The molecule has 5 heteroatoms. The summed E-state index contributed by atoms with van der Waals surface area (Å²) >= 11 is 0. The van der Waals surface area contributed by atoms with Crippen LogP contribution in [0.2, 0.25) is 0 Å². The summed E-state index contributed by atoms with van der Waals surface area (Å²) < 4.78 is 6.10. The molecule has 5 N–H and O–H groups in total. The zero-order valence-corrected chi connectivity index (χ0v) is 22.4. The van der Waals surface area contributed by atoms with Gasteiger partial charge in [0.2, 0.25) is 0 Å². The van der Waals surface area contributed by atoms with Gasteiger partial charge in [-0.3, -0.25) is 10.7 Å². The number of pyridine rings is 1. The van der Waals surface area contributed by atoms with Crippen LogP contribution in [0.25, 0.3) is 0 Å². The summed E-state index contributed by atoms with van der Waals surface area (Å²) in [5.41, 5.74) is 10.3. The molecule has 4 aromatic rings. The molecule has 0 saturated carbocycles. The van der Waals surface area contributed by atoms with E-state index in [-0.39, 0.29) is 18.1 Å². The highest BCUT2D eigenvalue weighted by molar-refractivity contribution is 6.00. The smallest absolute Gasteiger partial charge is 0.189 e. The van der Waals surface area contributed by atoms with Crippen molar-refractivity contribution < 1.29 is 10.1 Å². The maximum absolute atomic E-state index is 6.92. The molecular formula is C34H35N4O+. The van der Waals surface area contributed by atoms with Crippen LogP contribution >= 0.6 is 0 Å². The van der Waals surface area contributed by atoms with Gasteiger partial charge in [0.05, 0.1) is 17.6 Å². The predicted octanol–water partition coefficient (Wildman–Crippen LogP) is 4.66. The van der Waals surface area contributed by atoms with Crippen molar-refractivity contribution >= 4 is 11.5 Å². The molecule has 1 aliphatic rings. The third-order valence-electron chi connectivity index (χ3n) is 7.05. The fourth-order valence-electron chi connectivity index (χ4n) is 5.31. The molecule has 39 heavy (non-hydrogen) atoms. The van der Waals surface area contributed by atoms with E-state index in [1.807, 2.05) is 50.3 Å². The lowest BCUT2D eigenvalue weighted by atomic mass is 9.75. The largest absolute Gasteiger partial charge is 0.491 e. The molecule has 1 heterocycles. The minimum atomic E-state index is -0.654. The van der Waals surface area contributed by atoms with Crippen LogP contribution in [-0.4, -0.2) is 22.8 Å². The number of nitrogens with two attached hydrogens (primary N) is 2. The van der Waals surface area contributed by atoms with E-state index in [9.17, 15) is 0 Å². The normalized spacial score (nSPS) is 17.1. The Labute approximate surface area is 230 Å². The van der Waals surface area contributed by atoms with E-state index < -0.39 is 5.54 Å². The molecule has 0 radical (unpaired) electrons. The Bertz CT molecular complexity index is 1370. The maximum atomic E-state index is 6.92. The highest BCUT2D eigenvalue weighted by Gasteiger charge is 2.41. The fourth-order valence-corrected chi connectivity index (χ4v) is 5.31. The molecule has 1 aliphatic carbocycles. The lowest BCUT2D eigenvalue weighted by molar-refractivity contribution is -0.118. The second-order valence-corrected chi connectivity index (χ2v) is 10.1. The first kappa shape index (κ1) is 26.1. The fraction of sp³-hybridized carbons (Fsp3) is 0.176. The van der Waals surface area contributed by atoms with Gasteiger partial charge in [0.15, 0.2) is 5.71 Å². The quantitative estimate of drug-likeness (QED) is 0.224. The number of benzene rings is 3. The van der Waals surface area contributed by atoms with Gasteiger partial charge in [0.1, 0.15) is 11.6 Å². The molecule has 0 bridgehead atoms. The molecule has 5 rings (SSSR count). The third kappa shape index (κ3) is 5.54. The lowest BCUT2D eigenvalue weighted by Gasteiger charge is -2.41. The summed E-state index contributed by atoms with van der Waals surface area (Å²) in [4.78, 5) is 4.16. The second kappa shape index (κ2) is 11.5. The van der Waals surface area contributed by atoms with Crippen LogP contribution in [-0.2, 0) is 10.3 Å².